The highest BCUT2D eigenvalue weighted by atomic mass is 16.3. The van der Waals surface area contributed by atoms with Crippen molar-refractivity contribution in [2.24, 2.45) is 0 Å². The van der Waals surface area contributed by atoms with Gasteiger partial charge >= 0.3 is 0 Å². The van der Waals surface area contributed by atoms with Gasteiger partial charge in [0, 0.05) is 0 Å². The molecule has 4 nitrogen and oxygen atoms in total. The third-order valence-electron chi connectivity index (χ3n) is 3.79. The maximum Gasteiger partial charge on any atom is 0.108 e. The van der Waals surface area contributed by atoms with Crippen molar-refractivity contribution in [1.29, 1.82) is 0 Å². The van der Waals surface area contributed by atoms with Gasteiger partial charge in [-0.2, -0.15) is 0 Å². The summed E-state index contributed by atoms with van der Waals surface area (Å²) in [5, 5.41) is 17.3. The van der Waals surface area contributed by atoms with Crippen LogP contribution in [-0.4, -0.2) is 20.1 Å². The minimum atomic E-state index is -0.0873. The van der Waals surface area contributed by atoms with Crippen molar-refractivity contribution < 1.29 is 5.11 Å². The van der Waals surface area contributed by atoms with E-state index in [-0.39, 0.29) is 12.6 Å². The molecule has 0 saturated heterocycles. The van der Waals surface area contributed by atoms with Crippen LogP contribution in [0.3, 0.4) is 0 Å². The predicted molar refractivity (Wildman–Crippen MR) is 75.1 cm³/mol. The Morgan fingerprint density at radius 2 is 1.55 bits per heavy atom. The fourth-order valence-electron chi connectivity index (χ4n) is 2.93. The molecule has 4 rings (SSSR count). The largest absolute Gasteiger partial charge is 0.390 e. The Morgan fingerprint density at radius 1 is 0.950 bits per heavy atom. The second kappa shape index (κ2) is 4.28. The van der Waals surface area contributed by atoms with Gasteiger partial charge in [-0.1, -0.05) is 53.7 Å². The zero-order valence-electron chi connectivity index (χ0n) is 10.8. The Bertz CT molecular complexity index is 733. The SMILES string of the molecule is OCc1cn(C2c3ccccc3-c3ccccc32)nn1. The normalized spacial score (nSPS) is 13.2. The molecule has 20 heavy (non-hydrogen) atoms. The molecule has 0 aliphatic heterocycles. The van der Waals surface area contributed by atoms with Gasteiger partial charge < -0.3 is 5.11 Å². The third kappa shape index (κ3) is 1.52. The Morgan fingerprint density at radius 3 is 2.10 bits per heavy atom. The summed E-state index contributed by atoms with van der Waals surface area (Å²) >= 11 is 0. The molecule has 0 bridgehead atoms. The maximum absolute atomic E-state index is 9.17. The lowest BCUT2D eigenvalue weighted by Gasteiger charge is -2.13. The molecule has 0 fully saturated rings. The first-order valence-corrected chi connectivity index (χ1v) is 6.58. The first-order chi connectivity index (χ1) is 9.88. The minimum absolute atomic E-state index is 0.0372. The molecule has 0 saturated carbocycles. The van der Waals surface area contributed by atoms with Gasteiger partial charge in [-0.25, -0.2) is 4.68 Å². The second-order valence-electron chi connectivity index (χ2n) is 4.93. The van der Waals surface area contributed by atoms with Crippen LogP contribution in [0, 0.1) is 0 Å². The number of aliphatic hydroxyl groups is 1. The van der Waals surface area contributed by atoms with Crippen LogP contribution in [0.25, 0.3) is 11.1 Å². The monoisotopic (exact) mass is 263 g/mol. The third-order valence-corrected chi connectivity index (χ3v) is 3.79. The quantitative estimate of drug-likeness (QED) is 0.604. The van der Waals surface area contributed by atoms with E-state index in [4.69, 9.17) is 5.11 Å². The van der Waals surface area contributed by atoms with Crippen LogP contribution in [0.1, 0.15) is 22.9 Å². The number of hydrogen-bond donors (Lipinski definition) is 1. The first-order valence-electron chi connectivity index (χ1n) is 6.58. The average molecular weight is 263 g/mol. The Labute approximate surface area is 116 Å². The van der Waals surface area contributed by atoms with E-state index in [9.17, 15) is 0 Å². The molecule has 0 spiro atoms. The number of aliphatic hydroxyl groups excluding tert-OH is 1. The van der Waals surface area contributed by atoms with Crippen molar-refractivity contribution in [1.82, 2.24) is 15.0 Å². The van der Waals surface area contributed by atoms with Crippen molar-refractivity contribution in [2.45, 2.75) is 12.6 Å². The van der Waals surface area contributed by atoms with Crippen LogP contribution in [0.4, 0.5) is 0 Å². The summed E-state index contributed by atoms with van der Waals surface area (Å²) in [6.45, 7) is -0.0873. The zero-order valence-corrected chi connectivity index (χ0v) is 10.8. The van der Waals surface area contributed by atoms with Crippen molar-refractivity contribution in [3.63, 3.8) is 0 Å². The molecule has 1 aliphatic rings. The van der Waals surface area contributed by atoms with Crippen LogP contribution in [-0.2, 0) is 6.61 Å². The van der Waals surface area contributed by atoms with Crippen LogP contribution in [0.2, 0.25) is 0 Å². The second-order valence-corrected chi connectivity index (χ2v) is 4.93. The summed E-state index contributed by atoms with van der Waals surface area (Å²) in [4.78, 5) is 0. The summed E-state index contributed by atoms with van der Waals surface area (Å²) < 4.78 is 1.83. The number of hydrogen-bond acceptors (Lipinski definition) is 3. The van der Waals surface area contributed by atoms with E-state index in [1.807, 2.05) is 23.0 Å². The molecule has 4 heteroatoms. The number of aromatic nitrogens is 3. The lowest BCUT2D eigenvalue weighted by Crippen LogP contribution is -2.10. The zero-order chi connectivity index (χ0) is 13.5. The first kappa shape index (κ1) is 11.4. The summed E-state index contributed by atoms with van der Waals surface area (Å²) in [6, 6.07) is 16.8. The van der Waals surface area contributed by atoms with E-state index in [2.05, 4.69) is 46.7 Å². The van der Waals surface area contributed by atoms with E-state index in [0.717, 1.165) is 0 Å². The Hall–Kier alpha value is -2.46. The van der Waals surface area contributed by atoms with E-state index in [0.29, 0.717) is 5.69 Å². The highest BCUT2D eigenvalue weighted by molar-refractivity contribution is 5.78. The molecule has 0 unspecified atom stereocenters. The van der Waals surface area contributed by atoms with Crippen LogP contribution < -0.4 is 0 Å². The van der Waals surface area contributed by atoms with Gasteiger partial charge in [0.05, 0.1) is 12.8 Å². The maximum atomic E-state index is 9.17. The van der Waals surface area contributed by atoms with Gasteiger partial charge in [0.1, 0.15) is 11.7 Å². The molecular weight excluding hydrogens is 250 g/mol. The number of benzene rings is 2. The van der Waals surface area contributed by atoms with E-state index in [1.165, 1.54) is 22.3 Å². The van der Waals surface area contributed by atoms with Gasteiger partial charge in [0.2, 0.25) is 0 Å². The molecule has 0 radical (unpaired) electrons. The average Bonchev–Trinajstić information content (AvgIpc) is 3.09. The Kier molecular flexibility index (Phi) is 2.44. The van der Waals surface area contributed by atoms with Gasteiger partial charge in [0.15, 0.2) is 0 Å². The lowest BCUT2D eigenvalue weighted by atomic mass is 10.1. The molecule has 0 amide bonds. The van der Waals surface area contributed by atoms with Crippen LogP contribution in [0.5, 0.6) is 0 Å². The molecule has 1 heterocycles. The van der Waals surface area contributed by atoms with Crippen molar-refractivity contribution in [3.05, 3.63) is 71.5 Å². The van der Waals surface area contributed by atoms with Gasteiger partial charge in [0.25, 0.3) is 0 Å². The van der Waals surface area contributed by atoms with Gasteiger partial charge in [-0.3, -0.25) is 0 Å². The predicted octanol–water partition coefficient (Wildman–Crippen LogP) is 2.39. The molecule has 98 valence electrons. The fourth-order valence-corrected chi connectivity index (χ4v) is 2.93. The van der Waals surface area contributed by atoms with Crippen molar-refractivity contribution in [2.75, 3.05) is 0 Å². The number of fused-ring (bicyclic) bond motifs is 3. The highest BCUT2D eigenvalue weighted by Gasteiger charge is 2.30. The lowest BCUT2D eigenvalue weighted by molar-refractivity contribution is 0.276. The van der Waals surface area contributed by atoms with Gasteiger partial charge in [-0.05, 0) is 22.3 Å². The molecule has 1 aromatic heterocycles. The summed E-state index contributed by atoms with van der Waals surface area (Å²) in [5.74, 6) is 0. The number of nitrogens with zero attached hydrogens (tertiary/aromatic N) is 3. The Balaban J connectivity index is 1.95. The standard InChI is InChI=1S/C16H13N3O/c20-10-11-9-19(18-17-11)16-14-7-3-1-5-12(14)13-6-2-4-8-15(13)16/h1-9,16,20H,10H2. The fraction of sp³-hybridized carbons (Fsp3) is 0.125. The van der Waals surface area contributed by atoms with Crippen molar-refractivity contribution in [3.8, 4) is 11.1 Å². The molecular formula is C16H13N3O. The van der Waals surface area contributed by atoms with E-state index in [1.54, 1.807) is 0 Å². The van der Waals surface area contributed by atoms with Gasteiger partial charge in [-0.15, -0.1) is 5.10 Å². The highest BCUT2D eigenvalue weighted by Crippen LogP contribution is 2.44. The molecule has 1 N–H and O–H groups in total. The smallest absolute Gasteiger partial charge is 0.108 e. The summed E-state index contributed by atoms with van der Waals surface area (Å²) in [5.41, 5.74) is 5.53. The molecule has 0 atom stereocenters. The van der Waals surface area contributed by atoms with Crippen LogP contribution >= 0.6 is 0 Å². The van der Waals surface area contributed by atoms with Crippen molar-refractivity contribution >= 4 is 0 Å². The summed E-state index contributed by atoms with van der Waals surface area (Å²) in [7, 11) is 0. The molecule has 3 aromatic rings. The van der Waals surface area contributed by atoms with E-state index < -0.39 is 0 Å². The molecule has 2 aromatic carbocycles. The number of rotatable bonds is 2. The van der Waals surface area contributed by atoms with Crippen LogP contribution in [0.15, 0.2) is 54.7 Å². The van der Waals surface area contributed by atoms with E-state index >= 15 is 0 Å². The topological polar surface area (TPSA) is 50.9 Å². The summed E-state index contributed by atoms with van der Waals surface area (Å²) in [6.07, 6.45) is 1.81. The minimum Gasteiger partial charge on any atom is -0.390 e. The molecule has 1 aliphatic carbocycles.